The minimum absolute atomic E-state index is 0.197. The number of carbonyl (C=O) groups is 1. The van der Waals surface area contributed by atoms with Gasteiger partial charge in [-0.05, 0) is 56.0 Å². The molecule has 1 aromatic heterocycles. The van der Waals surface area contributed by atoms with E-state index in [4.69, 9.17) is 4.74 Å². The molecule has 1 aliphatic carbocycles. The van der Waals surface area contributed by atoms with Crippen molar-refractivity contribution in [3.05, 3.63) is 47.8 Å². The number of anilines is 1. The first-order valence-electron chi connectivity index (χ1n) is 8.16. The van der Waals surface area contributed by atoms with Crippen molar-refractivity contribution in [1.29, 1.82) is 0 Å². The van der Waals surface area contributed by atoms with Crippen LogP contribution in [0.1, 0.15) is 24.1 Å². The van der Waals surface area contributed by atoms with Crippen LogP contribution < -0.4 is 14.8 Å². The highest BCUT2D eigenvalue weighted by atomic mass is 19.4. The second kappa shape index (κ2) is 7.63. The van der Waals surface area contributed by atoms with Crippen LogP contribution in [-0.4, -0.2) is 23.9 Å². The highest BCUT2D eigenvalue weighted by Gasteiger charge is 2.30. The van der Waals surface area contributed by atoms with Gasteiger partial charge in [-0.25, -0.2) is 0 Å². The van der Waals surface area contributed by atoms with Crippen LogP contribution in [0, 0.1) is 0 Å². The molecule has 0 spiro atoms. The van der Waals surface area contributed by atoms with Gasteiger partial charge in [0.25, 0.3) is 5.91 Å². The summed E-state index contributed by atoms with van der Waals surface area (Å²) in [5.41, 5.74) is 2.40. The molecule has 1 amide bonds. The highest BCUT2D eigenvalue weighted by molar-refractivity contribution is 5.91. The molecule has 1 N–H and O–H groups in total. The zero-order valence-corrected chi connectivity index (χ0v) is 13.8. The summed E-state index contributed by atoms with van der Waals surface area (Å²) in [6, 6.07) is 6.65. The number of alkyl halides is 3. The van der Waals surface area contributed by atoms with Crippen molar-refractivity contribution in [2.24, 2.45) is 0 Å². The van der Waals surface area contributed by atoms with Gasteiger partial charge in [0.2, 0.25) is 0 Å². The lowest BCUT2D eigenvalue weighted by Gasteiger charge is -2.18. The standard InChI is InChI=1S/C18H17F3N2O3/c19-18(20,21)26-13-7-5-12(6-8-13)23-17(24)11-25-16-9-10-22-15-4-2-1-3-14(15)16/h5-10H,1-4,11H2,(H,23,24). The van der Waals surface area contributed by atoms with E-state index in [0.29, 0.717) is 11.4 Å². The number of hydrogen-bond acceptors (Lipinski definition) is 4. The van der Waals surface area contributed by atoms with Gasteiger partial charge in [-0.1, -0.05) is 0 Å². The molecule has 0 atom stereocenters. The van der Waals surface area contributed by atoms with E-state index in [-0.39, 0.29) is 12.4 Å². The summed E-state index contributed by atoms with van der Waals surface area (Å²) in [4.78, 5) is 16.3. The minimum Gasteiger partial charge on any atom is -0.483 e. The lowest BCUT2D eigenvalue weighted by molar-refractivity contribution is -0.274. The van der Waals surface area contributed by atoms with Crippen LogP contribution in [0.25, 0.3) is 0 Å². The number of pyridine rings is 1. The quantitative estimate of drug-likeness (QED) is 0.873. The minimum atomic E-state index is -4.75. The SMILES string of the molecule is O=C(COc1ccnc2c1CCCC2)Nc1ccc(OC(F)(F)F)cc1. The van der Waals surface area contributed by atoms with Crippen molar-refractivity contribution in [3.63, 3.8) is 0 Å². The molecule has 1 aromatic carbocycles. The summed E-state index contributed by atoms with van der Waals surface area (Å²) < 4.78 is 45.7. The summed E-state index contributed by atoms with van der Waals surface area (Å²) in [5, 5.41) is 2.57. The normalized spacial score (nSPS) is 13.7. The van der Waals surface area contributed by atoms with Crippen molar-refractivity contribution in [2.75, 3.05) is 11.9 Å². The van der Waals surface area contributed by atoms with Gasteiger partial charge in [0.05, 0.1) is 0 Å². The Labute approximate surface area is 148 Å². The van der Waals surface area contributed by atoms with Crippen molar-refractivity contribution in [1.82, 2.24) is 4.98 Å². The van der Waals surface area contributed by atoms with Gasteiger partial charge in [-0.3, -0.25) is 9.78 Å². The average molecular weight is 366 g/mol. The number of benzene rings is 1. The number of aromatic nitrogens is 1. The molecule has 0 unspecified atom stereocenters. The average Bonchev–Trinajstić information content (AvgIpc) is 2.60. The molecule has 0 aliphatic heterocycles. The maximum atomic E-state index is 12.1. The van der Waals surface area contributed by atoms with Crippen LogP contribution in [0.15, 0.2) is 36.5 Å². The number of fused-ring (bicyclic) bond motifs is 1. The maximum Gasteiger partial charge on any atom is 0.573 e. The monoisotopic (exact) mass is 366 g/mol. The van der Waals surface area contributed by atoms with E-state index in [1.807, 2.05) is 0 Å². The molecular weight excluding hydrogens is 349 g/mol. The van der Waals surface area contributed by atoms with Crippen LogP contribution in [0.3, 0.4) is 0 Å². The Balaban J connectivity index is 1.55. The lowest BCUT2D eigenvalue weighted by Crippen LogP contribution is -2.21. The molecule has 5 nitrogen and oxygen atoms in total. The Hall–Kier alpha value is -2.77. The molecule has 1 aliphatic rings. The van der Waals surface area contributed by atoms with Crippen LogP contribution in [0.4, 0.5) is 18.9 Å². The number of nitrogens with zero attached hydrogens (tertiary/aromatic N) is 1. The van der Waals surface area contributed by atoms with Crippen molar-refractivity contribution in [2.45, 2.75) is 32.0 Å². The molecule has 3 rings (SSSR count). The highest BCUT2D eigenvalue weighted by Crippen LogP contribution is 2.28. The largest absolute Gasteiger partial charge is 0.573 e. The fourth-order valence-electron chi connectivity index (χ4n) is 2.81. The van der Waals surface area contributed by atoms with Crippen LogP contribution in [-0.2, 0) is 17.6 Å². The molecule has 8 heteroatoms. The third kappa shape index (κ3) is 4.87. The number of amides is 1. The van der Waals surface area contributed by atoms with Crippen molar-refractivity contribution >= 4 is 11.6 Å². The Morgan fingerprint density at radius 3 is 2.58 bits per heavy atom. The third-order valence-electron chi connectivity index (χ3n) is 3.92. The number of aryl methyl sites for hydroxylation is 1. The van der Waals surface area contributed by atoms with E-state index in [9.17, 15) is 18.0 Å². The molecular formula is C18H17F3N2O3. The first-order chi connectivity index (χ1) is 12.4. The number of halogens is 3. The van der Waals surface area contributed by atoms with E-state index in [1.54, 1.807) is 12.3 Å². The summed E-state index contributed by atoms with van der Waals surface area (Å²) in [6.45, 7) is -0.197. The van der Waals surface area contributed by atoms with Gasteiger partial charge >= 0.3 is 6.36 Å². The zero-order valence-electron chi connectivity index (χ0n) is 13.8. The topological polar surface area (TPSA) is 60.5 Å². The number of hydrogen-bond donors (Lipinski definition) is 1. The summed E-state index contributed by atoms with van der Waals surface area (Å²) in [5.74, 6) is -0.107. The Bertz CT molecular complexity index is 776. The van der Waals surface area contributed by atoms with E-state index < -0.39 is 12.3 Å². The van der Waals surface area contributed by atoms with Gasteiger partial charge in [-0.2, -0.15) is 0 Å². The molecule has 0 radical (unpaired) electrons. The van der Waals surface area contributed by atoms with E-state index in [0.717, 1.165) is 49.1 Å². The summed E-state index contributed by atoms with van der Waals surface area (Å²) >= 11 is 0. The van der Waals surface area contributed by atoms with Gasteiger partial charge in [0, 0.05) is 23.1 Å². The predicted molar refractivity (Wildman–Crippen MR) is 88.1 cm³/mol. The smallest absolute Gasteiger partial charge is 0.483 e. The van der Waals surface area contributed by atoms with Crippen molar-refractivity contribution < 1.29 is 27.4 Å². The number of carbonyl (C=O) groups excluding carboxylic acids is 1. The fraction of sp³-hybridized carbons (Fsp3) is 0.333. The molecule has 0 saturated carbocycles. The Morgan fingerprint density at radius 2 is 1.85 bits per heavy atom. The summed E-state index contributed by atoms with van der Waals surface area (Å²) in [7, 11) is 0. The van der Waals surface area contributed by atoms with E-state index in [2.05, 4.69) is 15.0 Å². The van der Waals surface area contributed by atoms with Crippen LogP contribution in [0.2, 0.25) is 0 Å². The first kappa shape index (κ1) is 18.0. The zero-order chi connectivity index (χ0) is 18.6. The molecule has 0 saturated heterocycles. The molecule has 26 heavy (non-hydrogen) atoms. The first-order valence-corrected chi connectivity index (χ1v) is 8.16. The van der Waals surface area contributed by atoms with Crippen LogP contribution >= 0.6 is 0 Å². The number of ether oxygens (including phenoxy) is 2. The second-order valence-corrected chi connectivity index (χ2v) is 5.85. The Kier molecular flexibility index (Phi) is 5.29. The lowest BCUT2D eigenvalue weighted by atomic mass is 9.95. The van der Waals surface area contributed by atoms with E-state index >= 15 is 0 Å². The molecule has 0 bridgehead atoms. The number of rotatable bonds is 5. The molecule has 1 heterocycles. The van der Waals surface area contributed by atoms with Gasteiger partial charge in [-0.15, -0.1) is 13.2 Å². The van der Waals surface area contributed by atoms with Gasteiger partial charge in [0.15, 0.2) is 6.61 Å². The Morgan fingerprint density at radius 1 is 1.12 bits per heavy atom. The maximum absolute atomic E-state index is 12.1. The predicted octanol–water partition coefficient (Wildman–Crippen LogP) is 3.88. The van der Waals surface area contributed by atoms with Crippen LogP contribution in [0.5, 0.6) is 11.5 Å². The molecule has 2 aromatic rings. The van der Waals surface area contributed by atoms with Crippen molar-refractivity contribution in [3.8, 4) is 11.5 Å². The van der Waals surface area contributed by atoms with E-state index in [1.165, 1.54) is 12.1 Å². The van der Waals surface area contributed by atoms with Gasteiger partial charge < -0.3 is 14.8 Å². The fourth-order valence-corrected chi connectivity index (χ4v) is 2.81. The van der Waals surface area contributed by atoms with Gasteiger partial charge in [0.1, 0.15) is 11.5 Å². The summed E-state index contributed by atoms with van der Waals surface area (Å²) in [6.07, 6.45) is 0.858. The molecule has 138 valence electrons. The second-order valence-electron chi connectivity index (χ2n) is 5.85. The number of nitrogens with one attached hydrogen (secondary N) is 1. The molecule has 0 fully saturated rings. The third-order valence-corrected chi connectivity index (χ3v) is 3.92.